The number of likely N-dealkylation sites (tertiary alicyclic amines) is 1. The predicted molar refractivity (Wildman–Crippen MR) is 114 cm³/mol. The van der Waals surface area contributed by atoms with E-state index in [-0.39, 0.29) is 11.2 Å². The molecule has 1 aliphatic heterocycles. The van der Waals surface area contributed by atoms with Crippen LogP contribution in [-0.4, -0.2) is 51.8 Å². The summed E-state index contributed by atoms with van der Waals surface area (Å²) in [5.41, 5.74) is 4.57. The third-order valence-corrected chi connectivity index (χ3v) is 6.40. The Hall–Kier alpha value is -2.80. The molecule has 5 rings (SSSR count). The Balaban J connectivity index is 1.35. The molecule has 1 spiro atoms. The molecule has 0 bridgehead atoms. The monoisotopic (exact) mass is 406 g/mol. The zero-order valence-electron chi connectivity index (χ0n) is 17.6. The van der Waals surface area contributed by atoms with Gasteiger partial charge >= 0.3 is 0 Å². The van der Waals surface area contributed by atoms with Crippen molar-refractivity contribution in [1.82, 2.24) is 24.6 Å². The van der Waals surface area contributed by atoms with Gasteiger partial charge < -0.3 is 4.90 Å². The van der Waals surface area contributed by atoms with Gasteiger partial charge in [0.25, 0.3) is 0 Å². The maximum atomic E-state index is 13.5. The standard InChI is InChI=1S/C23H27FN6/c1-28(2)22-25-13-18-7-9-23(21(18)27-22)8-4-10-29(16-23)14-17-12-26-30(15-17)20-6-3-5-19(24)11-20/h3,5-6,11-13,15H,4,7-10,14,16H2,1-2H3. The lowest BCUT2D eigenvalue weighted by Gasteiger charge is -2.40. The molecule has 30 heavy (non-hydrogen) atoms. The van der Waals surface area contributed by atoms with Crippen LogP contribution in [0.2, 0.25) is 0 Å². The van der Waals surface area contributed by atoms with Crippen molar-refractivity contribution < 1.29 is 4.39 Å². The number of benzene rings is 1. The summed E-state index contributed by atoms with van der Waals surface area (Å²) in [4.78, 5) is 14.0. The highest BCUT2D eigenvalue weighted by Crippen LogP contribution is 2.44. The van der Waals surface area contributed by atoms with Crippen LogP contribution >= 0.6 is 0 Å². The lowest BCUT2D eigenvalue weighted by atomic mass is 9.77. The predicted octanol–water partition coefficient (Wildman–Crippen LogP) is 3.35. The molecule has 3 aromatic rings. The number of halogens is 1. The average Bonchev–Trinajstić information content (AvgIpc) is 3.33. The molecule has 3 heterocycles. The van der Waals surface area contributed by atoms with Crippen molar-refractivity contribution in [2.45, 2.75) is 37.6 Å². The molecule has 1 aliphatic carbocycles. The van der Waals surface area contributed by atoms with Crippen molar-refractivity contribution >= 4 is 5.95 Å². The highest BCUT2D eigenvalue weighted by atomic mass is 19.1. The van der Waals surface area contributed by atoms with E-state index in [1.165, 1.54) is 36.2 Å². The van der Waals surface area contributed by atoms with E-state index in [2.05, 4.69) is 15.0 Å². The SMILES string of the molecule is CN(C)c1ncc2c(n1)C1(CCCN(Cc3cnn(-c4cccc(F)c4)c3)C1)CC2. The first-order chi connectivity index (χ1) is 14.5. The summed E-state index contributed by atoms with van der Waals surface area (Å²) in [6, 6.07) is 6.53. The zero-order chi connectivity index (χ0) is 20.7. The maximum absolute atomic E-state index is 13.5. The van der Waals surface area contributed by atoms with Gasteiger partial charge in [-0.05, 0) is 56.0 Å². The lowest BCUT2D eigenvalue weighted by molar-refractivity contribution is 0.137. The highest BCUT2D eigenvalue weighted by Gasteiger charge is 2.43. The van der Waals surface area contributed by atoms with Crippen LogP contribution in [0.15, 0.2) is 42.9 Å². The van der Waals surface area contributed by atoms with Gasteiger partial charge in [-0.3, -0.25) is 4.90 Å². The summed E-state index contributed by atoms with van der Waals surface area (Å²) in [7, 11) is 3.99. The van der Waals surface area contributed by atoms with Crippen LogP contribution in [0.3, 0.4) is 0 Å². The Labute approximate surface area is 176 Å². The van der Waals surface area contributed by atoms with Gasteiger partial charge in [-0.1, -0.05) is 6.07 Å². The van der Waals surface area contributed by atoms with Gasteiger partial charge in [-0.2, -0.15) is 5.10 Å². The van der Waals surface area contributed by atoms with E-state index in [4.69, 9.17) is 4.98 Å². The minimum absolute atomic E-state index is 0.125. The number of hydrogen-bond acceptors (Lipinski definition) is 5. The van der Waals surface area contributed by atoms with Crippen LogP contribution in [0.25, 0.3) is 5.69 Å². The normalized spacial score (nSPS) is 21.2. The summed E-state index contributed by atoms with van der Waals surface area (Å²) < 4.78 is 15.3. The molecule has 0 amide bonds. The van der Waals surface area contributed by atoms with E-state index >= 15 is 0 Å². The van der Waals surface area contributed by atoms with Crippen LogP contribution in [0, 0.1) is 5.82 Å². The molecule has 1 aromatic carbocycles. The Morgan fingerprint density at radius 3 is 2.93 bits per heavy atom. The number of nitrogens with zero attached hydrogens (tertiary/aromatic N) is 6. The summed E-state index contributed by atoms with van der Waals surface area (Å²) in [6.07, 6.45) is 10.5. The number of aromatic nitrogens is 4. The van der Waals surface area contributed by atoms with E-state index in [0.29, 0.717) is 0 Å². The molecule has 1 fully saturated rings. The quantitative estimate of drug-likeness (QED) is 0.665. The number of aryl methyl sites for hydroxylation is 1. The number of fused-ring (bicyclic) bond motifs is 2. The van der Waals surface area contributed by atoms with E-state index in [1.54, 1.807) is 10.7 Å². The van der Waals surface area contributed by atoms with Crippen LogP contribution in [0.5, 0.6) is 0 Å². The summed E-state index contributed by atoms with van der Waals surface area (Å²) in [5.74, 6) is 0.546. The molecule has 0 radical (unpaired) electrons. The first-order valence-electron chi connectivity index (χ1n) is 10.6. The fourth-order valence-electron chi connectivity index (χ4n) is 4.97. The first kappa shape index (κ1) is 19.2. The van der Waals surface area contributed by atoms with Gasteiger partial charge in [0.1, 0.15) is 5.82 Å². The Kier molecular flexibility index (Phi) is 4.77. The molecule has 1 saturated heterocycles. The van der Waals surface area contributed by atoms with E-state index in [9.17, 15) is 4.39 Å². The van der Waals surface area contributed by atoms with E-state index in [1.807, 2.05) is 43.7 Å². The summed E-state index contributed by atoms with van der Waals surface area (Å²) in [6.45, 7) is 2.93. The molecule has 0 N–H and O–H groups in total. The van der Waals surface area contributed by atoms with Crippen LogP contribution in [0.4, 0.5) is 10.3 Å². The zero-order valence-corrected chi connectivity index (χ0v) is 17.6. The van der Waals surface area contributed by atoms with E-state index < -0.39 is 0 Å². The van der Waals surface area contributed by atoms with Crippen molar-refractivity contribution in [3.8, 4) is 5.69 Å². The van der Waals surface area contributed by atoms with Crippen LogP contribution < -0.4 is 4.90 Å². The van der Waals surface area contributed by atoms with Crippen LogP contribution in [0.1, 0.15) is 36.1 Å². The van der Waals surface area contributed by atoms with Gasteiger partial charge in [-0.25, -0.2) is 19.0 Å². The fraction of sp³-hybridized carbons (Fsp3) is 0.435. The number of hydrogen-bond donors (Lipinski definition) is 0. The van der Waals surface area contributed by atoms with Crippen molar-refractivity contribution in [3.63, 3.8) is 0 Å². The topological polar surface area (TPSA) is 50.1 Å². The third-order valence-electron chi connectivity index (χ3n) is 6.40. The fourth-order valence-corrected chi connectivity index (χ4v) is 4.97. The Bertz CT molecular complexity index is 1060. The Morgan fingerprint density at radius 2 is 2.10 bits per heavy atom. The second-order valence-electron chi connectivity index (χ2n) is 8.81. The molecule has 1 atom stereocenters. The van der Waals surface area contributed by atoms with Crippen molar-refractivity contribution in [2.24, 2.45) is 0 Å². The van der Waals surface area contributed by atoms with Gasteiger partial charge in [0.2, 0.25) is 5.95 Å². The molecule has 2 aliphatic rings. The van der Waals surface area contributed by atoms with Crippen molar-refractivity contribution in [2.75, 3.05) is 32.1 Å². The minimum atomic E-state index is -0.249. The second kappa shape index (κ2) is 7.47. The Morgan fingerprint density at radius 1 is 1.20 bits per heavy atom. The van der Waals surface area contributed by atoms with Crippen LogP contribution in [-0.2, 0) is 18.4 Å². The number of piperidine rings is 1. The molecular weight excluding hydrogens is 379 g/mol. The van der Waals surface area contributed by atoms with Gasteiger partial charge in [0, 0.05) is 50.6 Å². The molecule has 6 nitrogen and oxygen atoms in total. The third kappa shape index (κ3) is 3.47. The number of anilines is 1. The average molecular weight is 407 g/mol. The van der Waals surface area contributed by atoms with Crippen molar-refractivity contribution in [1.29, 1.82) is 0 Å². The van der Waals surface area contributed by atoms with Crippen molar-refractivity contribution in [3.05, 3.63) is 65.5 Å². The summed E-state index contributed by atoms with van der Waals surface area (Å²) >= 11 is 0. The number of rotatable bonds is 4. The second-order valence-corrected chi connectivity index (χ2v) is 8.81. The smallest absolute Gasteiger partial charge is 0.225 e. The van der Waals surface area contributed by atoms with Gasteiger partial charge in [0.05, 0.1) is 17.6 Å². The maximum Gasteiger partial charge on any atom is 0.225 e. The summed E-state index contributed by atoms with van der Waals surface area (Å²) in [5, 5.41) is 4.45. The first-order valence-corrected chi connectivity index (χ1v) is 10.6. The largest absolute Gasteiger partial charge is 0.347 e. The highest BCUT2D eigenvalue weighted by molar-refractivity contribution is 5.39. The van der Waals surface area contributed by atoms with Gasteiger partial charge in [0.15, 0.2) is 0 Å². The molecular formula is C23H27FN6. The van der Waals surface area contributed by atoms with Gasteiger partial charge in [-0.15, -0.1) is 0 Å². The molecule has 156 valence electrons. The molecule has 0 saturated carbocycles. The molecule has 1 unspecified atom stereocenters. The molecule has 7 heteroatoms. The molecule has 2 aromatic heterocycles. The minimum Gasteiger partial charge on any atom is -0.347 e. The lowest BCUT2D eigenvalue weighted by Crippen LogP contribution is -2.45. The van der Waals surface area contributed by atoms with E-state index in [0.717, 1.165) is 49.7 Å².